The van der Waals surface area contributed by atoms with Crippen LogP contribution in [0.4, 0.5) is 0 Å². The maximum Gasteiger partial charge on any atom is 0.251 e. The molecule has 28 heavy (non-hydrogen) atoms. The van der Waals surface area contributed by atoms with Gasteiger partial charge in [-0.25, -0.2) is 0 Å². The summed E-state index contributed by atoms with van der Waals surface area (Å²) in [4.78, 5) is 17.0. The number of methoxy groups -OCH3 is 1. The number of halogens is 1. The van der Waals surface area contributed by atoms with Crippen molar-refractivity contribution in [3.8, 4) is 11.5 Å². The number of nitrogens with one attached hydrogen (secondary N) is 1. The van der Waals surface area contributed by atoms with Gasteiger partial charge in [-0.3, -0.25) is 9.78 Å². The molecule has 0 saturated heterocycles. The van der Waals surface area contributed by atoms with Crippen molar-refractivity contribution in [2.75, 3.05) is 13.7 Å². The Balaban J connectivity index is 1.70. The number of hydrogen-bond acceptors (Lipinski definition) is 4. The maximum atomic E-state index is 12.6. The first-order valence-electron chi connectivity index (χ1n) is 9.14. The summed E-state index contributed by atoms with van der Waals surface area (Å²) in [6.07, 6.45) is 2.40. The Bertz CT molecular complexity index is 983. The van der Waals surface area contributed by atoms with E-state index in [4.69, 9.17) is 21.1 Å². The summed E-state index contributed by atoms with van der Waals surface area (Å²) in [6, 6.07) is 13.2. The molecule has 0 aliphatic heterocycles. The largest absolute Gasteiger partial charge is 0.493 e. The van der Waals surface area contributed by atoms with E-state index in [9.17, 15) is 4.79 Å². The number of ether oxygens (including phenoxy) is 2. The molecule has 0 aliphatic carbocycles. The van der Waals surface area contributed by atoms with Gasteiger partial charge in [0.05, 0.1) is 23.8 Å². The average molecular weight is 399 g/mol. The highest BCUT2D eigenvalue weighted by molar-refractivity contribution is 6.32. The highest BCUT2D eigenvalue weighted by Crippen LogP contribution is 2.37. The lowest BCUT2D eigenvalue weighted by Gasteiger charge is -2.16. The summed E-state index contributed by atoms with van der Waals surface area (Å²) >= 11 is 6.30. The van der Waals surface area contributed by atoms with Crippen LogP contribution in [0.3, 0.4) is 0 Å². The van der Waals surface area contributed by atoms with Crippen molar-refractivity contribution >= 4 is 28.4 Å². The smallest absolute Gasteiger partial charge is 0.251 e. The highest BCUT2D eigenvalue weighted by atomic mass is 35.5. The summed E-state index contributed by atoms with van der Waals surface area (Å²) < 4.78 is 11.0. The van der Waals surface area contributed by atoms with Crippen molar-refractivity contribution in [1.82, 2.24) is 10.3 Å². The SMILES string of the molecule is COc1cc(C(=O)NCCc2cccc3cccnc23)cc(Cl)c1OC(C)C. The minimum atomic E-state index is -0.218. The van der Waals surface area contributed by atoms with E-state index < -0.39 is 0 Å². The van der Waals surface area contributed by atoms with Gasteiger partial charge in [0.25, 0.3) is 5.91 Å². The summed E-state index contributed by atoms with van der Waals surface area (Å²) in [5.74, 6) is 0.659. The first-order chi connectivity index (χ1) is 13.5. The van der Waals surface area contributed by atoms with Crippen LogP contribution in [0.2, 0.25) is 5.02 Å². The van der Waals surface area contributed by atoms with Gasteiger partial charge in [0.15, 0.2) is 11.5 Å². The number of rotatable bonds is 7. The Morgan fingerprint density at radius 2 is 2.00 bits per heavy atom. The van der Waals surface area contributed by atoms with Gasteiger partial charge in [0, 0.05) is 23.7 Å². The van der Waals surface area contributed by atoms with Crippen LogP contribution in [-0.2, 0) is 6.42 Å². The van der Waals surface area contributed by atoms with Crippen LogP contribution >= 0.6 is 11.6 Å². The molecule has 0 aliphatic rings. The average Bonchev–Trinajstić information content (AvgIpc) is 2.69. The lowest BCUT2D eigenvalue weighted by molar-refractivity contribution is 0.0953. The van der Waals surface area contributed by atoms with E-state index in [0.29, 0.717) is 35.1 Å². The zero-order valence-electron chi connectivity index (χ0n) is 16.2. The second-order valence-electron chi connectivity index (χ2n) is 6.65. The first kappa shape index (κ1) is 20.0. The number of carbonyl (C=O) groups excluding carboxylic acids is 1. The molecule has 0 fully saturated rings. The molecule has 6 heteroatoms. The molecule has 1 N–H and O–H groups in total. The molecule has 0 spiro atoms. The summed E-state index contributed by atoms with van der Waals surface area (Å²) in [5, 5.41) is 4.36. The van der Waals surface area contributed by atoms with Crippen LogP contribution < -0.4 is 14.8 Å². The third kappa shape index (κ3) is 4.54. The molecular formula is C22H23ClN2O3. The standard InChI is InChI=1S/C22H23ClN2O3/c1-14(2)28-21-18(23)12-17(13-19(21)27-3)22(26)25-11-9-16-7-4-6-15-8-5-10-24-20(15)16/h4-8,10,12-14H,9,11H2,1-3H3,(H,25,26). The summed E-state index contributed by atoms with van der Waals surface area (Å²) in [7, 11) is 1.52. The molecule has 2 aromatic carbocycles. The fourth-order valence-electron chi connectivity index (χ4n) is 2.98. The third-order valence-corrected chi connectivity index (χ3v) is 4.52. The molecule has 0 unspecified atom stereocenters. The van der Waals surface area contributed by atoms with E-state index in [-0.39, 0.29) is 12.0 Å². The van der Waals surface area contributed by atoms with E-state index >= 15 is 0 Å². The lowest BCUT2D eigenvalue weighted by atomic mass is 10.1. The van der Waals surface area contributed by atoms with Crippen LogP contribution in [0, 0.1) is 0 Å². The fourth-order valence-corrected chi connectivity index (χ4v) is 3.24. The summed E-state index contributed by atoms with van der Waals surface area (Å²) in [6.45, 7) is 4.29. The van der Waals surface area contributed by atoms with Gasteiger partial charge < -0.3 is 14.8 Å². The normalized spacial score (nSPS) is 10.9. The van der Waals surface area contributed by atoms with E-state index in [2.05, 4.69) is 10.3 Å². The molecular weight excluding hydrogens is 376 g/mol. The Hall–Kier alpha value is -2.79. The maximum absolute atomic E-state index is 12.6. The van der Waals surface area contributed by atoms with Crippen molar-refractivity contribution in [1.29, 1.82) is 0 Å². The molecule has 0 bridgehead atoms. The number of hydrogen-bond donors (Lipinski definition) is 1. The highest BCUT2D eigenvalue weighted by Gasteiger charge is 2.17. The minimum Gasteiger partial charge on any atom is -0.493 e. The van der Waals surface area contributed by atoms with Gasteiger partial charge in [-0.05, 0) is 44.0 Å². The molecule has 0 radical (unpaired) electrons. The van der Waals surface area contributed by atoms with Crippen LogP contribution in [0.5, 0.6) is 11.5 Å². The monoisotopic (exact) mass is 398 g/mol. The van der Waals surface area contributed by atoms with Crippen LogP contribution in [0.25, 0.3) is 10.9 Å². The molecule has 1 amide bonds. The van der Waals surface area contributed by atoms with Crippen molar-refractivity contribution in [3.05, 3.63) is 64.8 Å². The topological polar surface area (TPSA) is 60.5 Å². The van der Waals surface area contributed by atoms with E-state index in [0.717, 1.165) is 16.5 Å². The molecule has 3 rings (SSSR count). The predicted molar refractivity (Wildman–Crippen MR) is 112 cm³/mol. The minimum absolute atomic E-state index is 0.0552. The third-order valence-electron chi connectivity index (χ3n) is 4.24. The molecule has 1 heterocycles. The van der Waals surface area contributed by atoms with Crippen molar-refractivity contribution in [2.45, 2.75) is 26.4 Å². The van der Waals surface area contributed by atoms with Gasteiger partial charge in [-0.1, -0.05) is 35.9 Å². The Labute approximate surface area is 169 Å². The lowest BCUT2D eigenvalue weighted by Crippen LogP contribution is -2.26. The van der Waals surface area contributed by atoms with Crippen LogP contribution in [0.15, 0.2) is 48.7 Å². The Kier molecular flexibility index (Phi) is 6.37. The van der Waals surface area contributed by atoms with E-state index in [1.807, 2.05) is 44.2 Å². The number of nitrogens with zero attached hydrogens (tertiary/aromatic N) is 1. The van der Waals surface area contributed by atoms with Crippen molar-refractivity contribution in [3.63, 3.8) is 0 Å². The molecule has 3 aromatic rings. The second-order valence-corrected chi connectivity index (χ2v) is 7.06. The molecule has 146 valence electrons. The van der Waals surface area contributed by atoms with Gasteiger partial charge in [0.1, 0.15) is 0 Å². The number of aromatic nitrogens is 1. The van der Waals surface area contributed by atoms with Gasteiger partial charge in [0.2, 0.25) is 0 Å². The van der Waals surface area contributed by atoms with Crippen molar-refractivity contribution in [2.24, 2.45) is 0 Å². The number of carbonyl (C=O) groups is 1. The van der Waals surface area contributed by atoms with Crippen LogP contribution in [-0.4, -0.2) is 30.6 Å². The second kappa shape index (κ2) is 8.93. The van der Waals surface area contributed by atoms with E-state index in [1.54, 1.807) is 18.3 Å². The summed E-state index contributed by atoms with van der Waals surface area (Å²) in [5.41, 5.74) is 2.47. The Morgan fingerprint density at radius 3 is 2.75 bits per heavy atom. The zero-order valence-corrected chi connectivity index (χ0v) is 16.9. The van der Waals surface area contributed by atoms with E-state index in [1.165, 1.54) is 7.11 Å². The number of para-hydroxylation sites is 1. The zero-order chi connectivity index (χ0) is 20.1. The van der Waals surface area contributed by atoms with Crippen molar-refractivity contribution < 1.29 is 14.3 Å². The van der Waals surface area contributed by atoms with Crippen LogP contribution in [0.1, 0.15) is 29.8 Å². The Morgan fingerprint density at radius 1 is 1.21 bits per heavy atom. The number of benzene rings is 2. The number of amides is 1. The van der Waals surface area contributed by atoms with Gasteiger partial charge >= 0.3 is 0 Å². The number of fused-ring (bicyclic) bond motifs is 1. The first-order valence-corrected chi connectivity index (χ1v) is 9.52. The molecule has 0 saturated carbocycles. The van der Waals surface area contributed by atoms with Gasteiger partial charge in [-0.15, -0.1) is 0 Å². The predicted octanol–water partition coefficient (Wildman–Crippen LogP) is 4.66. The molecule has 1 aromatic heterocycles. The van der Waals surface area contributed by atoms with Gasteiger partial charge in [-0.2, -0.15) is 0 Å². The fraction of sp³-hybridized carbons (Fsp3) is 0.273. The quantitative estimate of drug-likeness (QED) is 0.629. The number of pyridine rings is 1. The molecule has 0 atom stereocenters. The molecule has 5 nitrogen and oxygen atoms in total.